The van der Waals surface area contributed by atoms with Crippen molar-refractivity contribution >= 4 is 11.6 Å². The average molecular weight is 254 g/mol. The topological polar surface area (TPSA) is 54.7 Å². The summed E-state index contributed by atoms with van der Waals surface area (Å²) < 4.78 is 13.7. The Labute approximate surface area is 104 Å². The third-order valence-corrected chi connectivity index (χ3v) is 2.83. The Bertz CT molecular complexity index is 516. The van der Waals surface area contributed by atoms with Crippen molar-refractivity contribution in [1.29, 1.82) is 0 Å². The summed E-state index contributed by atoms with van der Waals surface area (Å²) in [6, 6.07) is 4.60. The van der Waals surface area contributed by atoms with Crippen molar-refractivity contribution in [2.75, 3.05) is 6.54 Å². The maximum Gasteiger partial charge on any atom is 0.134 e. The number of nitrogens with zero attached hydrogens (tertiary/aromatic N) is 1. The van der Waals surface area contributed by atoms with E-state index in [2.05, 4.69) is 9.97 Å². The second-order valence-corrected chi connectivity index (χ2v) is 4.20. The van der Waals surface area contributed by atoms with Gasteiger partial charge in [-0.1, -0.05) is 17.7 Å². The molecule has 90 valence electrons. The van der Waals surface area contributed by atoms with E-state index in [-0.39, 0.29) is 5.82 Å². The number of hydrogen-bond acceptors (Lipinski definition) is 2. The van der Waals surface area contributed by atoms with E-state index in [0.717, 1.165) is 11.5 Å². The second-order valence-electron chi connectivity index (χ2n) is 3.79. The highest BCUT2D eigenvalue weighted by Gasteiger charge is 2.15. The zero-order valence-corrected chi connectivity index (χ0v) is 10.2. The first-order chi connectivity index (χ1) is 8.13. The maximum absolute atomic E-state index is 13.7. The monoisotopic (exact) mass is 253 g/mol. The highest BCUT2D eigenvalue weighted by Crippen LogP contribution is 2.31. The molecule has 3 N–H and O–H groups in total. The molecule has 0 saturated carbocycles. The van der Waals surface area contributed by atoms with Gasteiger partial charge < -0.3 is 10.7 Å². The number of halogens is 2. The molecule has 0 bridgehead atoms. The van der Waals surface area contributed by atoms with E-state index in [0.29, 0.717) is 29.2 Å². The number of aromatic nitrogens is 2. The molecule has 1 aromatic heterocycles. The maximum atomic E-state index is 13.7. The van der Waals surface area contributed by atoms with Gasteiger partial charge >= 0.3 is 0 Å². The lowest BCUT2D eigenvalue weighted by molar-refractivity contribution is 0.630. The molecule has 1 heterocycles. The first kappa shape index (κ1) is 12.1. The number of imidazole rings is 1. The zero-order chi connectivity index (χ0) is 12.4. The smallest absolute Gasteiger partial charge is 0.134 e. The van der Waals surface area contributed by atoms with Crippen molar-refractivity contribution in [3.8, 4) is 11.3 Å². The summed E-state index contributed by atoms with van der Waals surface area (Å²) in [7, 11) is 0. The summed E-state index contributed by atoms with van der Waals surface area (Å²) in [5.74, 6) is 0.380. The Morgan fingerprint density at radius 2 is 2.24 bits per heavy atom. The first-order valence-corrected chi connectivity index (χ1v) is 5.71. The second kappa shape index (κ2) is 4.85. The molecular formula is C12H13ClFN3. The van der Waals surface area contributed by atoms with Crippen LogP contribution >= 0.6 is 11.6 Å². The van der Waals surface area contributed by atoms with E-state index in [1.807, 2.05) is 6.92 Å². The molecule has 0 fully saturated rings. The predicted molar refractivity (Wildman–Crippen MR) is 66.5 cm³/mol. The average Bonchev–Trinajstić information content (AvgIpc) is 2.60. The van der Waals surface area contributed by atoms with Gasteiger partial charge in [0, 0.05) is 12.1 Å². The van der Waals surface area contributed by atoms with E-state index in [4.69, 9.17) is 17.3 Å². The molecule has 17 heavy (non-hydrogen) atoms. The highest BCUT2D eigenvalue weighted by molar-refractivity contribution is 6.33. The molecule has 0 atom stereocenters. The predicted octanol–water partition coefficient (Wildman–Crippen LogP) is 2.68. The molecule has 1 aromatic carbocycles. The molecule has 0 saturated heterocycles. The van der Waals surface area contributed by atoms with Crippen molar-refractivity contribution < 1.29 is 4.39 Å². The van der Waals surface area contributed by atoms with E-state index in [1.165, 1.54) is 6.07 Å². The fraction of sp³-hybridized carbons (Fsp3) is 0.250. The van der Waals surface area contributed by atoms with Gasteiger partial charge in [-0.15, -0.1) is 0 Å². The SMILES string of the molecule is Cc1[nH]c(CCN)nc1-c1c(F)cccc1Cl. The van der Waals surface area contributed by atoms with Crippen LogP contribution in [0.3, 0.4) is 0 Å². The van der Waals surface area contributed by atoms with E-state index in [9.17, 15) is 4.39 Å². The Hall–Kier alpha value is -1.39. The summed E-state index contributed by atoms with van der Waals surface area (Å²) in [6.07, 6.45) is 0.632. The summed E-state index contributed by atoms with van der Waals surface area (Å²) in [6.45, 7) is 2.34. The van der Waals surface area contributed by atoms with Gasteiger partial charge in [-0.05, 0) is 25.6 Å². The minimum absolute atomic E-state index is 0.339. The van der Waals surface area contributed by atoms with Crippen LogP contribution in [0, 0.1) is 12.7 Å². The summed E-state index contributed by atoms with van der Waals surface area (Å²) in [5.41, 5.74) is 7.14. The van der Waals surface area contributed by atoms with Gasteiger partial charge in [0.05, 0.1) is 16.3 Å². The van der Waals surface area contributed by atoms with Gasteiger partial charge in [0.15, 0.2) is 0 Å². The van der Waals surface area contributed by atoms with Crippen molar-refractivity contribution in [3.05, 3.63) is 40.6 Å². The molecule has 0 radical (unpaired) electrons. The standard InChI is InChI=1S/C12H13ClFN3/c1-7-12(17-10(16-7)5-6-15)11-8(13)3-2-4-9(11)14/h2-4H,5-6,15H2,1H3,(H,16,17). The number of aromatic amines is 1. The number of nitrogens with two attached hydrogens (primary N) is 1. The van der Waals surface area contributed by atoms with Gasteiger partial charge in [-0.2, -0.15) is 0 Å². The number of rotatable bonds is 3. The van der Waals surface area contributed by atoms with Crippen LogP contribution in [0.2, 0.25) is 5.02 Å². The van der Waals surface area contributed by atoms with Gasteiger partial charge in [-0.25, -0.2) is 9.37 Å². The minimum Gasteiger partial charge on any atom is -0.346 e. The lowest BCUT2D eigenvalue weighted by Crippen LogP contribution is -2.03. The van der Waals surface area contributed by atoms with Crippen LogP contribution in [0.1, 0.15) is 11.5 Å². The Morgan fingerprint density at radius 3 is 2.88 bits per heavy atom. The van der Waals surface area contributed by atoms with E-state index < -0.39 is 0 Å². The lowest BCUT2D eigenvalue weighted by atomic mass is 10.1. The number of hydrogen-bond donors (Lipinski definition) is 2. The summed E-state index contributed by atoms with van der Waals surface area (Å²) in [5, 5.41) is 0.360. The van der Waals surface area contributed by atoms with Crippen LogP contribution in [0.15, 0.2) is 18.2 Å². The number of aryl methyl sites for hydroxylation is 1. The van der Waals surface area contributed by atoms with Gasteiger partial charge in [0.2, 0.25) is 0 Å². The van der Waals surface area contributed by atoms with Crippen LogP contribution in [0.4, 0.5) is 4.39 Å². The number of H-pyrrole nitrogens is 1. The van der Waals surface area contributed by atoms with Crippen LogP contribution in [0.25, 0.3) is 11.3 Å². The molecule has 0 aliphatic rings. The van der Waals surface area contributed by atoms with Crippen molar-refractivity contribution in [3.63, 3.8) is 0 Å². The third-order valence-electron chi connectivity index (χ3n) is 2.51. The van der Waals surface area contributed by atoms with Crippen LogP contribution in [0.5, 0.6) is 0 Å². The van der Waals surface area contributed by atoms with Crippen LogP contribution < -0.4 is 5.73 Å². The lowest BCUT2D eigenvalue weighted by Gasteiger charge is -2.03. The van der Waals surface area contributed by atoms with Crippen molar-refractivity contribution in [2.24, 2.45) is 5.73 Å². The molecule has 5 heteroatoms. The highest BCUT2D eigenvalue weighted by atomic mass is 35.5. The largest absolute Gasteiger partial charge is 0.346 e. The zero-order valence-electron chi connectivity index (χ0n) is 9.43. The molecular weight excluding hydrogens is 241 g/mol. The fourth-order valence-corrected chi connectivity index (χ4v) is 2.00. The molecule has 2 rings (SSSR count). The Balaban J connectivity index is 2.52. The number of nitrogens with one attached hydrogen (secondary N) is 1. The summed E-state index contributed by atoms with van der Waals surface area (Å²) >= 11 is 6.00. The molecule has 0 spiro atoms. The quantitative estimate of drug-likeness (QED) is 0.884. The van der Waals surface area contributed by atoms with Crippen molar-refractivity contribution in [1.82, 2.24) is 9.97 Å². The van der Waals surface area contributed by atoms with Gasteiger partial charge in [0.25, 0.3) is 0 Å². The third kappa shape index (κ3) is 2.33. The molecule has 0 amide bonds. The molecule has 0 unspecified atom stereocenters. The van der Waals surface area contributed by atoms with Gasteiger partial charge in [0.1, 0.15) is 11.6 Å². The van der Waals surface area contributed by atoms with Crippen LogP contribution in [-0.4, -0.2) is 16.5 Å². The molecule has 3 nitrogen and oxygen atoms in total. The normalized spacial score (nSPS) is 10.8. The summed E-state index contributed by atoms with van der Waals surface area (Å²) in [4.78, 5) is 7.41. The first-order valence-electron chi connectivity index (χ1n) is 5.33. The van der Waals surface area contributed by atoms with Gasteiger partial charge in [-0.3, -0.25) is 0 Å². The van der Waals surface area contributed by atoms with Crippen molar-refractivity contribution in [2.45, 2.75) is 13.3 Å². The molecule has 2 aromatic rings. The number of benzene rings is 1. The Kier molecular flexibility index (Phi) is 3.45. The molecule has 0 aliphatic carbocycles. The molecule has 0 aliphatic heterocycles. The van der Waals surface area contributed by atoms with E-state index >= 15 is 0 Å². The minimum atomic E-state index is -0.369. The van der Waals surface area contributed by atoms with E-state index in [1.54, 1.807) is 12.1 Å². The Morgan fingerprint density at radius 1 is 1.47 bits per heavy atom. The van der Waals surface area contributed by atoms with Crippen LogP contribution in [-0.2, 0) is 6.42 Å². The fourth-order valence-electron chi connectivity index (χ4n) is 1.74.